The first-order valence-corrected chi connectivity index (χ1v) is 5.34. The van der Waals surface area contributed by atoms with E-state index < -0.39 is 6.10 Å². The predicted octanol–water partition coefficient (Wildman–Crippen LogP) is 1.75. The lowest BCUT2D eigenvalue weighted by Crippen LogP contribution is -2.15. The molecular formula is C12H15N3O. The molecule has 16 heavy (non-hydrogen) atoms. The third kappa shape index (κ3) is 1.97. The zero-order valence-corrected chi connectivity index (χ0v) is 9.41. The maximum atomic E-state index is 9.60. The second kappa shape index (κ2) is 4.45. The Morgan fingerprint density at radius 2 is 1.88 bits per heavy atom. The van der Waals surface area contributed by atoms with Crippen LogP contribution in [0.2, 0.25) is 0 Å². The van der Waals surface area contributed by atoms with E-state index in [2.05, 4.69) is 10.3 Å². The standard InChI is InChI=1S/C12H15N3O/c1-9(10(2)16)12-8-13-14-15(12)11-6-4-3-5-7-11/h3-10,16H,1-2H3. The summed E-state index contributed by atoms with van der Waals surface area (Å²) in [5, 5.41) is 17.5. The van der Waals surface area contributed by atoms with Gasteiger partial charge >= 0.3 is 0 Å². The van der Waals surface area contributed by atoms with Crippen molar-refractivity contribution >= 4 is 0 Å². The van der Waals surface area contributed by atoms with Crippen LogP contribution in [0.4, 0.5) is 0 Å². The van der Waals surface area contributed by atoms with Gasteiger partial charge in [-0.25, -0.2) is 4.68 Å². The summed E-state index contributed by atoms with van der Waals surface area (Å²) in [5.74, 6) is 0.00945. The molecule has 0 fully saturated rings. The molecule has 1 aromatic carbocycles. The second-order valence-corrected chi connectivity index (χ2v) is 3.94. The normalized spacial score (nSPS) is 14.7. The summed E-state index contributed by atoms with van der Waals surface area (Å²) >= 11 is 0. The van der Waals surface area contributed by atoms with Crippen LogP contribution >= 0.6 is 0 Å². The first kappa shape index (κ1) is 10.8. The van der Waals surface area contributed by atoms with E-state index in [-0.39, 0.29) is 5.92 Å². The van der Waals surface area contributed by atoms with Gasteiger partial charge in [0.05, 0.1) is 23.7 Å². The van der Waals surface area contributed by atoms with Crippen molar-refractivity contribution in [2.24, 2.45) is 0 Å². The van der Waals surface area contributed by atoms with Crippen molar-refractivity contribution in [2.45, 2.75) is 25.9 Å². The smallest absolute Gasteiger partial charge is 0.0733 e. The summed E-state index contributed by atoms with van der Waals surface area (Å²) in [4.78, 5) is 0. The van der Waals surface area contributed by atoms with Gasteiger partial charge in [0.1, 0.15) is 0 Å². The molecule has 84 valence electrons. The van der Waals surface area contributed by atoms with Gasteiger partial charge in [-0.3, -0.25) is 0 Å². The molecule has 1 aromatic heterocycles. The minimum atomic E-state index is -0.416. The molecule has 0 amide bonds. The number of hydrogen-bond acceptors (Lipinski definition) is 3. The first-order valence-electron chi connectivity index (χ1n) is 5.34. The van der Waals surface area contributed by atoms with Gasteiger partial charge in [0.25, 0.3) is 0 Å². The topological polar surface area (TPSA) is 50.9 Å². The van der Waals surface area contributed by atoms with Gasteiger partial charge in [-0.1, -0.05) is 30.3 Å². The Bertz CT molecular complexity index is 450. The number of aliphatic hydroxyl groups is 1. The molecule has 0 saturated carbocycles. The highest BCUT2D eigenvalue weighted by atomic mass is 16.3. The summed E-state index contributed by atoms with van der Waals surface area (Å²) in [5.41, 5.74) is 1.88. The monoisotopic (exact) mass is 217 g/mol. The fourth-order valence-corrected chi connectivity index (χ4v) is 1.57. The molecule has 2 rings (SSSR count). The summed E-state index contributed by atoms with van der Waals surface area (Å²) in [6.45, 7) is 3.73. The van der Waals surface area contributed by atoms with Crippen LogP contribution in [0.3, 0.4) is 0 Å². The number of aromatic nitrogens is 3. The third-order valence-electron chi connectivity index (χ3n) is 2.77. The Hall–Kier alpha value is -1.68. The van der Waals surface area contributed by atoms with Gasteiger partial charge < -0.3 is 5.11 Å². The van der Waals surface area contributed by atoms with Crippen molar-refractivity contribution in [3.8, 4) is 5.69 Å². The van der Waals surface area contributed by atoms with Gasteiger partial charge in [-0.2, -0.15) is 0 Å². The van der Waals surface area contributed by atoms with Crippen LogP contribution in [0, 0.1) is 0 Å². The molecular weight excluding hydrogens is 202 g/mol. The Morgan fingerprint density at radius 3 is 2.50 bits per heavy atom. The molecule has 0 bridgehead atoms. The minimum absolute atomic E-state index is 0.00945. The largest absolute Gasteiger partial charge is 0.393 e. The highest BCUT2D eigenvalue weighted by Crippen LogP contribution is 2.20. The fraction of sp³-hybridized carbons (Fsp3) is 0.333. The average Bonchev–Trinajstić information content (AvgIpc) is 2.77. The molecule has 4 nitrogen and oxygen atoms in total. The van der Waals surface area contributed by atoms with E-state index in [4.69, 9.17) is 0 Å². The van der Waals surface area contributed by atoms with E-state index in [0.29, 0.717) is 0 Å². The van der Waals surface area contributed by atoms with E-state index in [1.165, 1.54) is 0 Å². The lowest BCUT2D eigenvalue weighted by atomic mass is 10.0. The minimum Gasteiger partial charge on any atom is -0.393 e. The van der Waals surface area contributed by atoms with E-state index in [9.17, 15) is 5.11 Å². The number of benzene rings is 1. The van der Waals surface area contributed by atoms with Crippen LogP contribution < -0.4 is 0 Å². The number of nitrogens with zero attached hydrogens (tertiary/aromatic N) is 3. The van der Waals surface area contributed by atoms with E-state index in [0.717, 1.165) is 11.4 Å². The number of rotatable bonds is 3. The first-order chi connectivity index (χ1) is 7.70. The molecule has 0 aliphatic carbocycles. The molecule has 4 heteroatoms. The van der Waals surface area contributed by atoms with Crippen molar-refractivity contribution in [1.29, 1.82) is 0 Å². The maximum Gasteiger partial charge on any atom is 0.0733 e. The number of para-hydroxylation sites is 1. The van der Waals surface area contributed by atoms with E-state index >= 15 is 0 Å². The Labute approximate surface area is 94.5 Å². The summed E-state index contributed by atoms with van der Waals surface area (Å²) < 4.78 is 1.76. The van der Waals surface area contributed by atoms with Crippen LogP contribution in [-0.2, 0) is 0 Å². The van der Waals surface area contributed by atoms with E-state index in [1.807, 2.05) is 37.3 Å². The Balaban J connectivity index is 2.40. The summed E-state index contributed by atoms with van der Waals surface area (Å²) in [7, 11) is 0. The highest BCUT2D eigenvalue weighted by Gasteiger charge is 2.17. The average molecular weight is 217 g/mol. The maximum absolute atomic E-state index is 9.60. The van der Waals surface area contributed by atoms with Crippen LogP contribution in [0.15, 0.2) is 36.5 Å². The zero-order valence-electron chi connectivity index (χ0n) is 9.41. The SMILES string of the molecule is CC(O)C(C)c1cnnn1-c1ccccc1. The predicted molar refractivity (Wildman–Crippen MR) is 61.5 cm³/mol. The third-order valence-corrected chi connectivity index (χ3v) is 2.77. The lowest BCUT2D eigenvalue weighted by Gasteiger charge is -2.15. The van der Waals surface area contributed by atoms with Gasteiger partial charge in [0.15, 0.2) is 0 Å². The number of hydrogen-bond donors (Lipinski definition) is 1. The second-order valence-electron chi connectivity index (χ2n) is 3.94. The quantitative estimate of drug-likeness (QED) is 0.852. The van der Waals surface area contributed by atoms with Gasteiger partial charge in [-0.15, -0.1) is 5.10 Å². The van der Waals surface area contributed by atoms with Crippen LogP contribution in [0.25, 0.3) is 5.69 Å². The Kier molecular flexibility index (Phi) is 3.01. The fourth-order valence-electron chi connectivity index (χ4n) is 1.57. The van der Waals surface area contributed by atoms with Gasteiger partial charge in [0, 0.05) is 5.92 Å². The molecule has 0 spiro atoms. The van der Waals surface area contributed by atoms with Crippen molar-refractivity contribution < 1.29 is 5.11 Å². The summed E-state index contributed by atoms with van der Waals surface area (Å²) in [6, 6.07) is 9.79. The van der Waals surface area contributed by atoms with E-state index in [1.54, 1.807) is 17.8 Å². The Morgan fingerprint density at radius 1 is 1.19 bits per heavy atom. The lowest BCUT2D eigenvalue weighted by molar-refractivity contribution is 0.166. The van der Waals surface area contributed by atoms with Crippen LogP contribution in [0.1, 0.15) is 25.5 Å². The van der Waals surface area contributed by atoms with Gasteiger partial charge in [-0.05, 0) is 19.1 Å². The summed E-state index contributed by atoms with van der Waals surface area (Å²) in [6.07, 6.45) is 1.28. The highest BCUT2D eigenvalue weighted by molar-refractivity contribution is 5.32. The van der Waals surface area contributed by atoms with Crippen molar-refractivity contribution in [2.75, 3.05) is 0 Å². The van der Waals surface area contributed by atoms with Gasteiger partial charge in [0.2, 0.25) is 0 Å². The van der Waals surface area contributed by atoms with Crippen LogP contribution in [-0.4, -0.2) is 26.2 Å². The van der Waals surface area contributed by atoms with Crippen molar-refractivity contribution in [3.63, 3.8) is 0 Å². The number of aliphatic hydroxyl groups excluding tert-OH is 1. The molecule has 0 saturated heterocycles. The molecule has 0 radical (unpaired) electrons. The molecule has 1 heterocycles. The zero-order chi connectivity index (χ0) is 11.5. The molecule has 2 unspecified atom stereocenters. The molecule has 1 N–H and O–H groups in total. The molecule has 2 aromatic rings. The molecule has 0 aliphatic heterocycles. The van der Waals surface area contributed by atoms with Crippen LogP contribution in [0.5, 0.6) is 0 Å². The molecule has 0 aliphatic rings. The van der Waals surface area contributed by atoms with Crippen molar-refractivity contribution in [3.05, 3.63) is 42.2 Å². The molecule has 2 atom stereocenters. The van der Waals surface area contributed by atoms with Crippen molar-refractivity contribution in [1.82, 2.24) is 15.0 Å².